The van der Waals surface area contributed by atoms with E-state index < -0.39 is 0 Å². The molecule has 1 aromatic heterocycles. The van der Waals surface area contributed by atoms with Crippen molar-refractivity contribution in [1.29, 1.82) is 0 Å². The highest BCUT2D eigenvalue weighted by Crippen LogP contribution is 2.46. The standard InChI is InChI=1S/C24H21NO4S/c26-15-16-4-6-17-12-18-2-1-3-20(24(18)30-22(17)7-5-16)21-13-19(27)14-23(29-21)25-8-10-28-11-9-25/h1-5,7,13-15H,6,8-12H2. The lowest BCUT2D eigenvalue weighted by molar-refractivity contribution is -0.104. The molecule has 0 amide bonds. The summed E-state index contributed by atoms with van der Waals surface area (Å²) >= 11 is 1.68. The molecule has 2 aliphatic heterocycles. The average Bonchev–Trinajstić information content (AvgIpc) is 2.99. The van der Waals surface area contributed by atoms with Crippen LogP contribution in [-0.2, 0) is 16.0 Å². The zero-order chi connectivity index (χ0) is 20.5. The number of hydrogen-bond acceptors (Lipinski definition) is 6. The number of carbonyl (C=O) groups is 1. The molecule has 3 heterocycles. The Morgan fingerprint density at radius 1 is 1.10 bits per heavy atom. The molecular weight excluding hydrogens is 398 g/mol. The van der Waals surface area contributed by atoms with Gasteiger partial charge in [0, 0.05) is 46.2 Å². The summed E-state index contributed by atoms with van der Waals surface area (Å²) in [7, 11) is 0. The third-order valence-corrected chi connectivity index (χ3v) is 6.88. The Morgan fingerprint density at radius 2 is 1.97 bits per heavy atom. The molecule has 0 atom stereocenters. The third-order valence-electron chi connectivity index (χ3n) is 5.55. The zero-order valence-electron chi connectivity index (χ0n) is 16.4. The molecule has 30 heavy (non-hydrogen) atoms. The quantitative estimate of drug-likeness (QED) is 0.697. The van der Waals surface area contributed by atoms with Gasteiger partial charge < -0.3 is 14.1 Å². The first-order valence-corrected chi connectivity index (χ1v) is 10.9. The lowest BCUT2D eigenvalue weighted by atomic mass is 9.98. The fraction of sp³-hybridized carbons (Fsp3) is 0.250. The molecule has 1 fully saturated rings. The van der Waals surface area contributed by atoms with Crippen molar-refractivity contribution in [2.75, 3.05) is 31.2 Å². The molecule has 0 unspecified atom stereocenters. The number of allylic oxidation sites excluding steroid dienone is 5. The van der Waals surface area contributed by atoms with E-state index in [4.69, 9.17) is 9.15 Å². The van der Waals surface area contributed by atoms with Crippen LogP contribution in [0.1, 0.15) is 12.0 Å². The Morgan fingerprint density at radius 3 is 2.80 bits per heavy atom. The van der Waals surface area contributed by atoms with Crippen LogP contribution in [0.25, 0.3) is 11.3 Å². The highest BCUT2D eigenvalue weighted by molar-refractivity contribution is 8.03. The monoisotopic (exact) mass is 419 g/mol. The van der Waals surface area contributed by atoms with E-state index in [1.165, 1.54) is 11.1 Å². The number of carbonyl (C=O) groups excluding carboxylic acids is 1. The van der Waals surface area contributed by atoms with E-state index in [-0.39, 0.29) is 5.43 Å². The number of anilines is 1. The Labute approximate surface area is 178 Å². The number of aldehydes is 1. The minimum Gasteiger partial charge on any atom is -0.440 e. The summed E-state index contributed by atoms with van der Waals surface area (Å²) in [6.07, 6.45) is 8.36. The normalized spacial score (nSPS) is 18.4. The minimum absolute atomic E-state index is 0.0646. The summed E-state index contributed by atoms with van der Waals surface area (Å²) in [5.74, 6) is 1.18. The van der Waals surface area contributed by atoms with E-state index in [0.717, 1.165) is 34.5 Å². The number of hydrogen-bond donors (Lipinski definition) is 0. The van der Waals surface area contributed by atoms with Crippen LogP contribution < -0.4 is 10.3 Å². The SMILES string of the molecule is O=CC1=CCC2=C(C=C1)Sc1c(cccc1-c1cc(=O)cc(N3CCOCC3)o1)C2. The van der Waals surface area contributed by atoms with Gasteiger partial charge in [0.1, 0.15) is 12.0 Å². The molecule has 152 valence electrons. The van der Waals surface area contributed by atoms with Crippen LogP contribution in [0.3, 0.4) is 0 Å². The molecule has 5 nitrogen and oxygen atoms in total. The van der Waals surface area contributed by atoms with Gasteiger partial charge in [-0.15, -0.1) is 0 Å². The van der Waals surface area contributed by atoms with Gasteiger partial charge in [0.05, 0.1) is 13.2 Å². The van der Waals surface area contributed by atoms with Crippen molar-refractivity contribution in [3.05, 3.63) is 80.4 Å². The van der Waals surface area contributed by atoms with Gasteiger partial charge in [-0.3, -0.25) is 9.59 Å². The lowest BCUT2D eigenvalue weighted by Crippen LogP contribution is -2.36. The number of ether oxygens (including phenoxy) is 1. The number of rotatable bonds is 3. The maximum absolute atomic E-state index is 12.5. The van der Waals surface area contributed by atoms with E-state index in [2.05, 4.69) is 11.0 Å². The predicted octanol–water partition coefficient (Wildman–Crippen LogP) is 4.13. The van der Waals surface area contributed by atoms with Crippen LogP contribution in [0.4, 0.5) is 5.88 Å². The molecular formula is C24H21NO4S. The number of thioether (sulfide) groups is 1. The van der Waals surface area contributed by atoms with Gasteiger partial charge in [0.15, 0.2) is 11.3 Å². The first-order valence-electron chi connectivity index (χ1n) is 10.0. The van der Waals surface area contributed by atoms with Crippen molar-refractivity contribution in [2.45, 2.75) is 17.7 Å². The summed E-state index contributed by atoms with van der Waals surface area (Å²) in [5, 5.41) is 0. The highest BCUT2D eigenvalue weighted by Gasteiger charge is 2.23. The van der Waals surface area contributed by atoms with E-state index in [1.54, 1.807) is 23.9 Å². The number of fused-ring (bicyclic) bond motifs is 1. The van der Waals surface area contributed by atoms with E-state index in [9.17, 15) is 9.59 Å². The second-order valence-corrected chi connectivity index (χ2v) is 8.55. The van der Waals surface area contributed by atoms with Crippen LogP contribution in [0.5, 0.6) is 0 Å². The second kappa shape index (κ2) is 8.13. The number of nitrogens with zero attached hydrogens (tertiary/aromatic N) is 1. The first kappa shape index (κ1) is 19.2. The van der Waals surface area contributed by atoms with Gasteiger partial charge in [-0.1, -0.05) is 42.1 Å². The van der Waals surface area contributed by atoms with Crippen molar-refractivity contribution in [3.63, 3.8) is 0 Å². The molecule has 1 saturated heterocycles. The van der Waals surface area contributed by atoms with E-state index in [0.29, 0.717) is 43.5 Å². The topological polar surface area (TPSA) is 59.8 Å². The molecule has 0 bridgehead atoms. The largest absolute Gasteiger partial charge is 0.440 e. The molecule has 0 radical (unpaired) electrons. The Balaban J connectivity index is 1.53. The molecule has 0 spiro atoms. The molecule has 3 aliphatic rings. The molecule has 0 N–H and O–H groups in total. The predicted molar refractivity (Wildman–Crippen MR) is 118 cm³/mol. The molecule has 1 aromatic carbocycles. The fourth-order valence-electron chi connectivity index (χ4n) is 3.97. The fourth-order valence-corrected chi connectivity index (χ4v) is 5.17. The van der Waals surface area contributed by atoms with Crippen molar-refractivity contribution in [1.82, 2.24) is 0 Å². The van der Waals surface area contributed by atoms with Gasteiger partial charge >= 0.3 is 0 Å². The van der Waals surface area contributed by atoms with Gasteiger partial charge in [0.2, 0.25) is 0 Å². The minimum atomic E-state index is -0.0646. The van der Waals surface area contributed by atoms with Crippen LogP contribution in [-0.4, -0.2) is 32.6 Å². The van der Waals surface area contributed by atoms with Crippen molar-refractivity contribution in [3.8, 4) is 11.3 Å². The number of benzene rings is 1. The average molecular weight is 420 g/mol. The van der Waals surface area contributed by atoms with E-state index >= 15 is 0 Å². The molecule has 2 aromatic rings. The van der Waals surface area contributed by atoms with Crippen molar-refractivity contribution in [2.24, 2.45) is 0 Å². The first-order chi connectivity index (χ1) is 14.7. The maximum atomic E-state index is 12.5. The molecule has 5 rings (SSSR count). The molecule has 0 saturated carbocycles. The Kier molecular flexibility index (Phi) is 5.19. The van der Waals surface area contributed by atoms with Crippen LogP contribution in [0.2, 0.25) is 0 Å². The molecule has 1 aliphatic carbocycles. The zero-order valence-corrected chi connectivity index (χ0v) is 17.2. The second-order valence-electron chi connectivity index (χ2n) is 7.49. The lowest BCUT2D eigenvalue weighted by Gasteiger charge is -2.27. The van der Waals surface area contributed by atoms with Crippen molar-refractivity contribution >= 4 is 23.9 Å². The smallest absolute Gasteiger partial charge is 0.200 e. The summed E-state index contributed by atoms with van der Waals surface area (Å²) < 4.78 is 11.6. The summed E-state index contributed by atoms with van der Waals surface area (Å²) in [6.45, 7) is 2.68. The summed E-state index contributed by atoms with van der Waals surface area (Å²) in [4.78, 5) is 27.9. The Hall–Kier alpha value is -2.83. The third kappa shape index (κ3) is 3.68. The van der Waals surface area contributed by atoms with E-state index in [1.807, 2.05) is 30.4 Å². The van der Waals surface area contributed by atoms with Gasteiger partial charge in [-0.2, -0.15) is 0 Å². The molecule has 6 heteroatoms. The van der Waals surface area contributed by atoms with Gasteiger partial charge in [-0.05, 0) is 30.1 Å². The maximum Gasteiger partial charge on any atom is 0.200 e. The highest BCUT2D eigenvalue weighted by atomic mass is 32.2. The van der Waals surface area contributed by atoms with Crippen LogP contribution >= 0.6 is 11.8 Å². The summed E-state index contributed by atoms with van der Waals surface area (Å²) in [6, 6.07) is 9.27. The van der Waals surface area contributed by atoms with Gasteiger partial charge in [-0.25, -0.2) is 0 Å². The summed E-state index contributed by atoms with van der Waals surface area (Å²) in [5.41, 5.74) is 4.09. The number of morpholine rings is 1. The Bertz CT molecular complexity index is 1150. The van der Waals surface area contributed by atoms with Crippen molar-refractivity contribution < 1.29 is 13.9 Å². The van der Waals surface area contributed by atoms with Crippen LogP contribution in [0.15, 0.2) is 78.7 Å². The van der Waals surface area contributed by atoms with Gasteiger partial charge in [0.25, 0.3) is 0 Å². The van der Waals surface area contributed by atoms with Crippen LogP contribution in [0, 0.1) is 0 Å².